The van der Waals surface area contributed by atoms with Gasteiger partial charge in [-0.2, -0.15) is 0 Å². The van der Waals surface area contributed by atoms with Crippen LogP contribution in [0.4, 0.5) is 0 Å². The second-order valence-corrected chi connectivity index (χ2v) is 11.5. The van der Waals surface area contributed by atoms with E-state index in [9.17, 15) is 9.59 Å². The molecule has 1 aliphatic carbocycles. The summed E-state index contributed by atoms with van der Waals surface area (Å²) in [4.78, 5) is 33.3. The van der Waals surface area contributed by atoms with Crippen molar-refractivity contribution in [2.24, 2.45) is 0 Å². The molecule has 180 valence electrons. The number of likely N-dealkylation sites (tertiary alicyclic amines) is 1. The maximum atomic E-state index is 13.8. The quantitative estimate of drug-likeness (QED) is 0.652. The Kier molecular flexibility index (Phi) is 6.54. The summed E-state index contributed by atoms with van der Waals surface area (Å²) in [5, 5.41) is 3.34. The van der Waals surface area contributed by atoms with Crippen LogP contribution in [0.3, 0.4) is 0 Å². The molecule has 5 rings (SSSR count). The number of hydrogen-bond donors (Lipinski definition) is 1. The summed E-state index contributed by atoms with van der Waals surface area (Å²) in [6.07, 6.45) is 10.2. The lowest BCUT2D eigenvalue weighted by Crippen LogP contribution is -2.65. The summed E-state index contributed by atoms with van der Waals surface area (Å²) in [5.74, 6) is 0.0211. The molecule has 1 saturated carbocycles. The molecule has 2 amide bonds. The van der Waals surface area contributed by atoms with Crippen molar-refractivity contribution in [2.75, 3.05) is 26.2 Å². The second kappa shape index (κ2) is 9.41. The van der Waals surface area contributed by atoms with Crippen molar-refractivity contribution in [1.82, 2.24) is 19.7 Å². The van der Waals surface area contributed by atoms with Gasteiger partial charge < -0.3 is 19.7 Å². The number of fused-ring (bicyclic) bond motifs is 3. The maximum Gasteiger partial charge on any atom is 0.271 e. The van der Waals surface area contributed by atoms with Gasteiger partial charge in [-0.1, -0.05) is 26.2 Å². The normalized spacial score (nSPS) is 24.5. The molecule has 1 N–H and O–H groups in total. The Morgan fingerprint density at radius 3 is 2.61 bits per heavy atom. The van der Waals surface area contributed by atoms with Crippen LogP contribution in [0.25, 0.3) is 10.2 Å². The highest BCUT2D eigenvalue weighted by Crippen LogP contribution is 2.36. The van der Waals surface area contributed by atoms with E-state index in [1.807, 2.05) is 17.9 Å². The van der Waals surface area contributed by atoms with Crippen molar-refractivity contribution in [3.05, 3.63) is 22.7 Å². The number of nitrogens with zero attached hydrogens (tertiary/aromatic N) is 3. The van der Waals surface area contributed by atoms with Crippen LogP contribution >= 0.6 is 11.3 Å². The van der Waals surface area contributed by atoms with E-state index in [1.165, 1.54) is 37.0 Å². The maximum absolute atomic E-state index is 13.8. The zero-order chi connectivity index (χ0) is 23.0. The van der Waals surface area contributed by atoms with E-state index < -0.39 is 5.54 Å². The van der Waals surface area contributed by atoms with Crippen LogP contribution in [0.15, 0.2) is 12.1 Å². The van der Waals surface area contributed by atoms with Crippen molar-refractivity contribution in [3.8, 4) is 0 Å². The summed E-state index contributed by atoms with van der Waals surface area (Å²) in [6, 6.07) is 4.50. The van der Waals surface area contributed by atoms with Gasteiger partial charge in [0.1, 0.15) is 11.2 Å². The van der Waals surface area contributed by atoms with E-state index in [-0.39, 0.29) is 17.9 Å². The predicted molar refractivity (Wildman–Crippen MR) is 134 cm³/mol. The van der Waals surface area contributed by atoms with E-state index in [2.05, 4.69) is 27.8 Å². The minimum Gasteiger partial charge on any atom is -0.351 e. The summed E-state index contributed by atoms with van der Waals surface area (Å²) < 4.78 is 3.27. The van der Waals surface area contributed by atoms with Crippen molar-refractivity contribution in [2.45, 2.75) is 89.8 Å². The molecule has 6 nitrogen and oxygen atoms in total. The Labute approximate surface area is 201 Å². The number of aromatic nitrogens is 1. The van der Waals surface area contributed by atoms with Crippen LogP contribution in [-0.2, 0) is 17.8 Å². The fraction of sp³-hybridized carbons (Fsp3) is 0.692. The van der Waals surface area contributed by atoms with Gasteiger partial charge in [0.2, 0.25) is 5.91 Å². The molecular formula is C26H38N4O2S. The van der Waals surface area contributed by atoms with E-state index in [0.29, 0.717) is 13.1 Å². The Bertz CT molecular complexity index is 1020. The average molecular weight is 471 g/mol. The molecule has 0 unspecified atom stereocenters. The summed E-state index contributed by atoms with van der Waals surface area (Å²) >= 11 is 1.77. The number of rotatable bonds is 7. The molecule has 33 heavy (non-hydrogen) atoms. The highest BCUT2D eigenvalue weighted by molar-refractivity contribution is 7.19. The van der Waals surface area contributed by atoms with Crippen molar-refractivity contribution >= 4 is 33.4 Å². The summed E-state index contributed by atoms with van der Waals surface area (Å²) in [5.41, 5.74) is 0.976. The van der Waals surface area contributed by atoms with Crippen LogP contribution in [0.2, 0.25) is 0 Å². The lowest BCUT2D eigenvalue weighted by molar-refractivity contribution is -0.133. The molecule has 4 heterocycles. The molecule has 2 aliphatic heterocycles. The topological polar surface area (TPSA) is 57.6 Å². The van der Waals surface area contributed by atoms with Gasteiger partial charge in [0, 0.05) is 17.5 Å². The van der Waals surface area contributed by atoms with Gasteiger partial charge in [0.05, 0.1) is 16.8 Å². The number of amides is 2. The molecule has 0 spiro atoms. The summed E-state index contributed by atoms with van der Waals surface area (Å²) in [6.45, 7) is 8.62. The number of nitrogens with one attached hydrogen (secondary N) is 1. The third kappa shape index (κ3) is 4.34. The first-order valence-corrected chi connectivity index (χ1v) is 13.8. The molecule has 1 saturated heterocycles. The third-order valence-corrected chi connectivity index (χ3v) is 9.21. The van der Waals surface area contributed by atoms with Crippen molar-refractivity contribution in [3.63, 3.8) is 0 Å². The number of hydrogen-bond acceptors (Lipinski definition) is 4. The molecule has 2 aromatic heterocycles. The largest absolute Gasteiger partial charge is 0.351 e. The fourth-order valence-electron chi connectivity index (χ4n) is 5.96. The van der Waals surface area contributed by atoms with Crippen LogP contribution in [0.5, 0.6) is 0 Å². The molecule has 2 fully saturated rings. The van der Waals surface area contributed by atoms with Gasteiger partial charge in [-0.3, -0.25) is 9.59 Å². The lowest BCUT2D eigenvalue weighted by atomic mass is 9.91. The Balaban J connectivity index is 1.42. The molecule has 3 aliphatic rings. The Morgan fingerprint density at radius 2 is 1.88 bits per heavy atom. The minimum atomic E-state index is -0.868. The molecule has 2 aromatic rings. The molecular weight excluding hydrogens is 432 g/mol. The first-order valence-electron chi connectivity index (χ1n) is 13.0. The number of thiophene rings is 1. The zero-order valence-electron chi connectivity index (χ0n) is 20.2. The monoisotopic (exact) mass is 470 g/mol. The third-order valence-electron chi connectivity index (χ3n) is 8.00. The first kappa shape index (κ1) is 22.9. The highest BCUT2D eigenvalue weighted by atomic mass is 32.1. The Morgan fingerprint density at radius 1 is 1.12 bits per heavy atom. The van der Waals surface area contributed by atoms with Crippen molar-refractivity contribution in [1.29, 1.82) is 0 Å². The average Bonchev–Trinajstić information content (AvgIpc) is 3.54. The Hall–Kier alpha value is -1.86. The number of carbonyl (C=O) groups excluding carboxylic acids is 2. The van der Waals surface area contributed by atoms with Crippen LogP contribution in [0, 0.1) is 0 Å². The predicted octanol–water partition coefficient (Wildman–Crippen LogP) is 4.41. The van der Waals surface area contributed by atoms with E-state index in [4.69, 9.17) is 0 Å². The smallest absolute Gasteiger partial charge is 0.271 e. The van der Waals surface area contributed by atoms with Gasteiger partial charge in [-0.05, 0) is 77.2 Å². The molecule has 0 bridgehead atoms. The van der Waals surface area contributed by atoms with Crippen molar-refractivity contribution < 1.29 is 9.59 Å². The highest BCUT2D eigenvalue weighted by Gasteiger charge is 2.48. The van der Waals surface area contributed by atoms with Gasteiger partial charge >= 0.3 is 0 Å². The molecule has 0 aromatic carbocycles. The number of aryl methyl sites for hydroxylation is 1. The molecule has 1 atom stereocenters. The van der Waals surface area contributed by atoms with Gasteiger partial charge in [0.15, 0.2) is 0 Å². The van der Waals surface area contributed by atoms with Gasteiger partial charge in [0.25, 0.3) is 5.91 Å². The van der Waals surface area contributed by atoms with E-state index >= 15 is 0 Å². The lowest BCUT2D eigenvalue weighted by Gasteiger charge is -2.45. The molecule has 0 radical (unpaired) electrons. The van der Waals surface area contributed by atoms with Crippen LogP contribution in [0.1, 0.15) is 80.6 Å². The molecule has 7 heteroatoms. The van der Waals surface area contributed by atoms with Crippen LogP contribution in [-0.4, -0.2) is 63.9 Å². The second-order valence-electron chi connectivity index (χ2n) is 10.4. The van der Waals surface area contributed by atoms with E-state index in [0.717, 1.165) is 61.2 Å². The fourth-order valence-corrected chi connectivity index (χ4v) is 7.00. The standard InChI is InChI=1S/C26H38N4O2S/c1-3-20-16-21-23(33-20)17-22-24(31)30(15-9-14-28-12-7-8-13-28)26(2,18-29(21)22)25(32)27-19-10-5-4-6-11-19/h16-17,19H,3-15,18H2,1-2H3,(H,27,32)/t26-/m1/s1. The van der Waals surface area contributed by atoms with Crippen LogP contribution < -0.4 is 5.32 Å². The van der Waals surface area contributed by atoms with Gasteiger partial charge in [-0.25, -0.2) is 0 Å². The SMILES string of the molecule is CCc1cc2c(cc3n2C[C@](C)(C(=O)NC2CCCCC2)N(CCCN2CCCC2)C3=O)s1. The minimum absolute atomic E-state index is 0.00501. The van der Waals surface area contributed by atoms with Gasteiger partial charge in [-0.15, -0.1) is 11.3 Å². The first-order chi connectivity index (χ1) is 16.0. The number of carbonyl (C=O) groups is 2. The summed E-state index contributed by atoms with van der Waals surface area (Å²) in [7, 11) is 0. The zero-order valence-corrected chi connectivity index (χ0v) is 21.0. The van der Waals surface area contributed by atoms with E-state index in [1.54, 1.807) is 11.3 Å².